The Balaban J connectivity index is 1.91. The maximum atomic E-state index is 12.5. The molecule has 0 aliphatic carbocycles. The Bertz CT molecular complexity index is 834. The van der Waals surface area contributed by atoms with E-state index in [4.69, 9.17) is 10.5 Å². The van der Waals surface area contributed by atoms with E-state index in [0.29, 0.717) is 17.1 Å². The number of carbonyl (C=O) groups is 1. The number of rotatable bonds is 4. The van der Waals surface area contributed by atoms with E-state index in [-0.39, 0.29) is 11.5 Å². The fraction of sp³-hybridized carbons (Fsp3) is 0.0625. The summed E-state index contributed by atoms with van der Waals surface area (Å²) in [5, 5.41) is 4.68. The lowest BCUT2D eigenvalue weighted by atomic mass is 10.2. The molecule has 1 aromatic carbocycles. The van der Waals surface area contributed by atoms with Gasteiger partial charge in [-0.05, 0) is 23.6 Å². The summed E-state index contributed by atoms with van der Waals surface area (Å²) >= 11 is 1.52. The van der Waals surface area contributed by atoms with Gasteiger partial charge in [-0.15, -0.1) is 11.3 Å². The summed E-state index contributed by atoms with van der Waals surface area (Å²) in [7, 11) is 1.54. The Kier molecular flexibility index (Phi) is 4.20. The van der Waals surface area contributed by atoms with Gasteiger partial charge in [0.15, 0.2) is 11.5 Å². The van der Waals surface area contributed by atoms with Gasteiger partial charge in [-0.1, -0.05) is 18.2 Å². The van der Waals surface area contributed by atoms with Crippen LogP contribution in [0.15, 0.2) is 48.0 Å². The summed E-state index contributed by atoms with van der Waals surface area (Å²) in [5.74, 6) is 0.206. The number of methoxy groups -OCH3 is 1. The average molecular weight is 326 g/mol. The predicted octanol–water partition coefficient (Wildman–Crippen LogP) is 3.05. The molecule has 0 spiro atoms. The van der Waals surface area contributed by atoms with Crippen molar-refractivity contribution in [2.24, 2.45) is 0 Å². The number of amides is 1. The van der Waals surface area contributed by atoms with Gasteiger partial charge in [-0.25, -0.2) is 9.97 Å². The standard InChI is InChI=1S/C16H14N4O2S/c1-22-12-6-3-2-5-10(12)20-16(21)14-15(17)18-9-11(19-14)13-7-4-8-23-13/h2-9H,1H3,(H2,17,18)(H,20,21). The Morgan fingerprint density at radius 1 is 1.26 bits per heavy atom. The van der Waals surface area contributed by atoms with Gasteiger partial charge in [0.2, 0.25) is 0 Å². The van der Waals surface area contributed by atoms with Gasteiger partial charge in [0.25, 0.3) is 5.91 Å². The first-order valence-electron chi connectivity index (χ1n) is 6.80. The first kappa shape index (κ1) is 15.0. The molecule has 0 aliphatic heterocycles. The number of carbonyl (C=O) groups excluding carboxylic acids is 1. The highest BCUT2D eigenvalue weighted by molar-refractivity contribution is 7.13. The quantitative estimate of drug-likeness (QED) is 0.769. The molecule has 3 N–H and O–H groups in total. The van der Waals surface area contributed by atoms with E-state index in [1.165, 1.54) is 18.4 Å². The minimum atomic E-state index is -0.432. The third kappa shape index (κ3) is 3.14. The van der Waals surface area contributed by atoms with Crippen molar-refractivity contribution < 1.29 is 9.53 Å². The largest absolute Gasteiger partial charge is 0.495 e. The molecular weight excluding hydrogens is 312 g/mol. The van der Waals surface area contributed by atoms with Crippen molar-refractivity contribution >= 4 is 28.7 Å². The van der Waals surface area contributed by atoms with Crippen LogP contribution in [0.4, 0.5) is 11.5 Å². The summed E-state index contributed by atoms with van der Waals surface area (Å²) in [6.07, 6.45) is 1.56. The summed E-state index contributed by atoms with van der Waals surface area (Å²) in [4.78, 5) is 21.8. The number of hydrogen-bond donors (Lipinski definition) is 2. The molecule has 6 nitrogen and oxygen atoms in total. The molecule has 0 radical (unpaired) electrons. The van der Waals surface area contributed by atoms with Crippen molar-refractivity contribution in [2.75, 3.05) is 18.2 Å². The van der Waals surface area contributed by atoms with E-state index in [0.717, 1.165) is 4.88 Å². The molecule has 2 aromatic heterocycles. The highest BCUT2D eigenvalue weighted by atomic mass is 32.1. The minimum absolute atomic E-state index is 0.0812. The van der Waals surface area contributed by atoms with E-state index in [1.807, 2.05) is 23.6 Å². The molecule has 3 rings (SSSR count). The summed E-state index contributed by atoms with van der Waals surface area (Å²) < 4.78 is 5.21. The predicted molar refractivity (Wildman–Crippen MR) is 90.7 cm³/mol. The Hall–Kier alpha value is -2.93. The van der Waals surface area contributed by atoms with E-state index in [9.17, 15) is 4.79 Å². The molecule has 7 heteroatoms. The SMILES string of the molecule is COc1ccccc1NC(=O)c1nc(-c2cccs2)cnc1N. The Morgan fingerprint density at radius 3 is 2.83 bits per heavy atom. The lowest BCUT2D eigenvalue weighted by Crippen LogP contribution is -2.17. The number of hydrogen-bond acceptors (Lipinski definition) is 6. The number of nitrogens with two attached hydrogens (primary N) is 1. The molecule has 23 heavy (non-hydrogen) atoms. The van der Waals surface area contributed by atoms with Crippen molar-refractivity contribution in [2.45, 2.75) is 0 Å². The lowest BCUT2D eigenvalue weighted by Gasteiger charge is -2.10. The number of ether oxygens (including phenoxy) is 1. The fourth-order valence-corrected chi connectivity index (χ4v) is 2.72. The molecule has 0 atom stereocenters. The number of nitrogen functional groups attached to an aromatic ring is 1. The summed E-state index contributed by atoms with van der Waals surface area (Å²) in [5.41, 5.74) is 7.05. The molecule has 2 heterocycles. The van der Waals surface area contributed by atoms with E-state index >= 15 is 0 Å². The van der Waals surface area contributed by atoms with Crippen LogP contribution in [-0.2, 0) is 0 Å². The van der Waals surface area contributed by atoms with Gasteiger partial charge >= 0.3 is 0 Å². The van der Waals surface area contributed by atoms with Gasteiger partial charge in [-0.3, -0.25) is 4.79 Å². The smallest absolute Gasteiger partial charge is 0.278 e. The van der Waals surface area contributed by atoms with Crippen molar-refractivity contribution in [3.8, 4) is 16.3 Å². The Labute approximate surface area is 137 Å². The van der Waals surface area contributed by atoms with Crippen LogP contribution < -0.4 is 15.8 Å². The first-order valence-corrected chi connectivity index (χ1v) is 7.68. The van der Waals surface area contributed by atoms with E-state index < -0.39 is 5.91 Å². The van der Waals surface area contributed by atoms with Crippen molar-refractivity contribution in [3.05, 3.63) is 53.7 Å². The van der Waals surface area contributed by atoms with Crippen molar-refractivity contribution in [1.29, 1.82) is 0 Å². The number of benzene rings is 1. The number of thiophene rings is 1. The Morgan fingerprint density at radius 2 is 2.09 bits per heavy atom. The van der Waals surface area contributed by atoms with Gasteiger partial charge in [0.1, 0.15) is 5.75 Å². The number of aromatic nitrogens is 2. The van der Waals surface area contributed by atoms with Crippen LogP contribution in [0.1, 0.15) is 10.5 Å². The second kappa shape index (κ2) is 6.45. The zero-order valence-corrected chi connectivity index (χ0v) is 13.1. The topological polar surface area (TPSA) is 90.1 Å². The molecule has 0 bridgehead atoms. The van der Waals surface area contributed by atoms with Gasteiger partial charge in [0, 0.05) is 0 Å². The summed E-state index contributed by atoms with van der Waals surface area (Å²) in [6, 6.07) is 10.9. The average Bonchev–Trinajstić information content (AvgIpc) is 3.10. The van der Waals surface area contributed by atoms with Crippen LogP contribution in [0.2, 0.25) is 0 Å². The molecule has 0 unspecified atom stereocenters. The van der Waals surface area contributed by atoms with Crippen LogP contribution in [0.25, 0.3) is 10.6 Å². The zero-order valence-electron chi connectivity index (χ0n) is 12.3. The maximum Gasteiger partial charge on any atom is 0.278 e. The van der Waals surface area contributed by atoms with Crippen LogP contribution >= 0.6 is 11.3 Å². The third-order valence-electron chi connectivity index (χ3n) is 3.14. The minimum Gasteiger partial charge on any atom is -0.495 e. The van der Waals surface area contributed by atoms with Gasteiger partial charge < -0.3 is 15.8 Å². The monoisotopic (exact) mass is 326 g/mol. The number of anilines is 2. The number of para-hydroxylation sites is 2. The molecule has 0 saturated heterocycles. The molecule has 0 fully saturated rings. The second-order valence-corrected chi connectivity index (χ2v) is 5.57. The normalized spacial score (nSPS) is 10.3. The van der Waals surface area contributed by atoms with Gasteiger partial charge in [0.05, 0.1) is 29.6 Å². The summed E-state index contributed by atoms with van der Waals surface area (Å²) in [6.45, 7) is 0. The van der Waals surface area contributed by atoms with Crippen LogP contribution in [0.5, 0.6) is 5.75 Å². The van der Waals surface area contributed by atoms with Crippen LogP contribution in [0.3, 0.4) is 0 Å². The molecule has 116 valence electrons. The lowest BCUT2D eigenvalue weighted by molar-refractivity contribution is 0.102. The molecule has 3 aromatic rings. The van der Waals surface area contributed by atoms with Crippen molar-refractivity contribution in [1.82, 2.24) is 9.97 Å². The number of nitrogens with one attached hydrogen (secondary N) is 1. The van der Waals surface area contributed by atoms with Crippen LogP contribution in [-0.4, -0.2) is 23.0 Å². The van der Waals surface area contributed by atoms with Gasteiger partial charge in [-0.2, -0.15) is 0 Å². The zero-order chi connectivity index (χ0) is 16.2. The maximum absolute atomic E-state index is 12.5. The highest BCUT2D eigenvalue weighted by Gasteiger charge is 2.16. The van der Waals surface area contributed by atoms with E-state index in [2.05, 4.69) is 15.3 Å². The van der Waals surface area contributed by atoms with Crippen LogP contribution in [0, 0.1) is 0 Å². The molecule has 0 aliphatic rings. The first-order chi connectivity index (χ1) is 11.2. The second-order valence-electron chi connectivity index (χ2n) is 4.62. The van der Waals surface area contributed by atoms with Crippen molar-refractivity contribution in [3.63, 3.8) is 0 Å². The molecule has 0 saturated carbocycles. The number of nitrogens with zero attached hydrogens (tertiary/aromatic N) is 2. The third-order valence-corrected chi connectivity index (χ3v) is 4.04. The fourth-order valence-electron chi connectivity index (χ4n) is 2.04. The van der Waals surface area contributed by atoms with E-state index in [1.54, 1.807) is 24.4 Å². The molecular formula is C16H14N4O2S. The molecule has 1 amide bonds. The highest BCUT2D eigenvalue weighted by Crippen LogP contribution is 2.26.